The van der Waals surface area contributed by atoms with Gasteiger partial charge in [0.2, 0.25) is 0 Å². The molecule has 0 aromatic heterocycles. The van der Waals surface area contributed by atoms with Crippen LogP contribution in [0.4, 0.5) is 17.1 Å². The maximum atomic E-state index is 2.53. The third kappa shape index (κ3) is 3.85. The van der Waals surface area contributed by atoms with E-state index in [1.807, 2.05) is 0 Å². The monoisotopic (exact) mass is 553 g/mol. The fourth-order valence-corrected chi connectivity index (χ4v) is 7.40. The molecule has 6 aromatic carbocycles. The molecule has 0 aliphatic carbocycles. The number of nitrogens with zero attached hydrogens (tertiary/aromatic N) is 1. The predicted molar refractivity (Wildman–Crippen MR) is 182 cm³/mol. The van der Waals surface area contributed by atoms with E-state index in [-0.39, 0.29) is 10.8 Å². The lowest BCUT2D eigenvalue weighted by Gasteiger charge is -2.49. The third-order valence-corrected chi connectivity index (χ3v) is 9.88. The average Bonchev–Trinajstić information content (AvgIpc) is 3.05. The summed E-state index contributed by atoms with van der Waals surface area (Å²) in [6, 6.07) is 51.4. The fourth-order valence-electron chi connectivity index (χ4n) is 7.40. The van der Waals surface area contributed by atoms with Gasteiger partial charge in [0, 0.05) is 10.8 Å². The molecular formula is C42H35N. The van der Waals surface area contributed by atoms with Crippen molar-refractivity contribution in [1.29, 1.82) is 0 Å². The Balaban J connectivity index is 1.18. The summed E-state index contributed by atoms with van der Waals surface area (Å²) in [5.74, 6) is 0. The van der Waals surface area contributed by atoms with Crippen LogP contribution in [0.5, 0.6) is 0 Å². The zero-order valence-corrected chi connectivity index (χ0v) is 25.2. The predicted octanol–water partition coefficient (Wildman–Crippen LogP) is 11.4. The molecule has 0 N–H and O–H groups in total. The molecule has 0 fully saturated rings. The lowest BCUT2D eigenvalue weighted by molar-refractivity contribution is 0.597. The normalized spacial score (nSPS) is 15.3. The first-order valence-corrected chi connectivity index (χ1v) is 15.3. The topological polar surface area (TPSA) is 3.24 Å². The van der Waals surface area contributed by atoms with Crippen molar-refractivity contribution >= 4 is 17.1 Å². The number of fused-ring (bicyclic) bond motifs is 4. The quantitative estimate of drug-likeness (QED) is 0.211. The van der Waals surface area contributed by atoms with Crippen LogP contribution in [0.2, 0.25) is 0 Å². The minimum Gasteiger partial charge on any atom is -0.309 e. The Morgan fingerprint density at radius 2 is 0.767 bits per heavy atom. The highest BCUT2D eigenvalue weighted by atomic mass is 15.2. The highest BCUT2D eigenvalue weighted by molar-refractivity contribution is 5.93. The first-order chi connectivity index (χ1) is 20.8. The number of hydrogen-bond donors (Lipinski definition) is 0. The molecule has 0 spiro atoms. The van der Waals surface area contributed by atoms with E-state index in [0.717, 1.165) is 0 Å². The molecule has 2 heterocycles. The smallest absolute Gasteiger partial charge is 0.0543 e. The van der Waals surface area contributed by atoms with E-state index in [4.69, 9.17) is 0 Å². The summed E-state index contributed by atoms with van der Waals surface area (Å²) in [4.78, 5) is 2.53. The molecule has 0 atom stereocenters. The summed E-state index contributed by atoms with van der Waals surface area (Å²) >= 11 is 0. The molecule has 1 heteroatoms. The van der Waals surface area contributed by atoms with Crippen molar-refractivity contribution in [2.75, 3.05) is 4.90 Å². The van der Waals surface area contributed by atoms with Crippen molar-refractivity contribution in [1.82, 2.24) is 0 Å². The summed E-state index contributed by atoms with van der Waals surface area (Å²) in [7, 11) is 0. The molecule has 0 saturated carbocycles. The van der Waals surface area contributed by atoms with Gasteiger partial charge in [-0.1, -0.05) is 149 Å². The van der Waals surface area contributed by atoms with Crippen molar-refractivity contribution in [3.05, 3.63) is 162 Å². The van der Waals surface area contributed by atoms with Crippen molar-refractivity contribution in [2.24, 2.45) is 0 Å². The number of anilines is 3. The van der Waals surface area contributed by atoms with E-state index in [0.29, 0.717) is 0 Å². The molecule has 1 nitrogen and oxygen atoms in total. The molecule has 2 aliphatic rings. The van der Waals surface area contributed by atoms with Crippen LogP contribution < -0.4 is 4.90 Å². The van der Waals surface area contributed by atoms with E-state index in [9.17, 15) is 0 Å². The lowest BCUT2D eigenvalue weighted by atomic mass is 9.66. The molecular weight excluding hydrogens is 518 g/mol. The van der Waals surface area contributed by atoms with E-state index in [2.05, 4.69) is 172 Å². The summed E-state index contributed by atoms with van der Waals surface area (Å²) in [6.07, 6.45) is 0. The highest BCUT2D eigenvalue weighted by Crippen LogP contribution is 2.60. The van der Waals surface area contributed by atoms with Crippen molar-refractivity contribution in [3.63, 3.8) is 0 Å². The van der Waals surface area contributed by atoms with Crippen LogP contribution in [0.3, 0.4) is 0 Å². The van der Waals surface area contributed by atoms with Gasteiger partial charge < -0.3 is 4.90 Å². The van der Waals surface area contributed by atoms with Crippen LogP contribution in [0, 0.1) is 0 Å². The fraction of sp³-hybridized carbons (Fsp3) is 0.143. The Bertz CT molecular complexity index is 1990. The number of para-hydroxylation sites is 2. The van der Waals surface area contributed by atoms with Crippen LogP contribution in [-0.4, -0.2) is 0 Å². The van der Waals surface area contributed by atoms with Gasteiger partial charge in [-0.25, -0.2) is 0 Å². The zero-order valence-electron chi connectivity index (χ0n) is 25.2. The standard InChI is InChI=1S/C42H35N/c1-41(2)34-13-8-9-16-38(34)43-39-26-25-33(27-37(39)42(3,4)36-15-10-14-35(41)40(36)43)32-23-21-31(22-24-32)30-19-17-29(18-20-30)28-11-6-5-7-12-28/h5-27H,1-4H3. The third-order valence-electron chi connectivity index (χ3n) is 9.88. The number of rotatable bonds is 3. The Kier molecular flexibility index (Phi) is 5.59. The van der Waals surface area contributed by atoms with Crippen LogP contribution >= 0.6 is 0 Å². The zero-order chi connectivity index (χ0) is 29.3. The molecule has 43 heavy (non-hydrogen) atoms. The Morgan fingerprint density at radius 3 is 1.37 bits per heavy atom. The van der Waals surface area contributed by atoms with Gasteiger partial charge in [0.25, 0.3) is 0 Å². The first kappa shape index (κ1) is 25.8. The Labute approximate surface area is 255 Å². The molecule has 0 unspecified atom stereocenters. The summed E-state index contributed by atoms with van der Waals surface area (Å²) in [5.41, 5.74) is 16.7. The molecule has 208 valence electrons. The number of benzene rings is 6. The van der Waals surface area contributed by atoms with Crippen LogP contribution in [-0.2, 0) is 10.8 Å². The minimum atomic E-state index is -0.129. The maximum Gasteiger partial charge on any atom is 0.0543 e. The van der Waals surface area contributed by atoms with Crippen molar-refractivity contribution < 1.29 is 0 Å². The van der Waals surface area contributed by atoms with Gasteiger partial charge in [-0.05, 0) is 73.8 Å². The number of hydrogen-bond acceptors (Lipinski definition) is 1. The minimum absolute atomic E-state index is 0.0599. The summed E-state index contributed by atoms with van der Waals surface area (Å²) in [6.45, 7) is 9.51. The van der Waals surface area contributed by atoms with Crippen LogP contribution in [0.15, 0.2) is 140 Å². The lowest BCUT2D eigenvalue weighted by Crippen LogP contribution is -2.38. The largest absolute Gasteiger partial charge is 0.309 e. The highest BCUT2D eigenvalue weighted by Gasteiger charge is 2.45. The molecule has 0 amide bonds. The first-order valence-electron chi connectivity index (χ1n) is 15.3. The van der Waals surface area contributed by atoms with E-state index in [1.165, 1.54) is 72.7 Å². The Hall–Kier alpha value is -4.88. The van der Waals surface area contributed by atoms with Crippen LogP contribution in [0.1, 0.15) is 49.9 Å². The second-order valence-corrected chi connectivity index (χ2v) is 13.1. The van der Waals surface area contributed by atoms with Crippen molar-refractivity contribution in [2.45, 2.75) is 38.5 Å². The van der Waals surface area contributed by atoms with Gasteiger partial charge in [0.1, 0.15) is 0 Å². The van der Waals surface area contributed by atoms with E-state index >= 15 is 0 Å². The van der Waals surface area contributed by atoms with Gasteiger partial charge in [-0.2, -0.15) is 0 Å². The summed E-state index contributed by atoms with van der Waals surface area (Å²) in [5, 5.41) is 0. The molecule has 6 aromatic rings. The SMILES string of the molecule is CC1(C)c2ccccc2N2c3ccc(-c4ccc(-c5ccc(-c6ccccc6)cc5)cc4)cc3C(C)(C)c3cccc1c32. The van der Waals surface area contributed by atoms with Gasteiger partial charge in [-0.3, -0.25) is 0 Å². The second kappa shape index (κ2) is 9.31. The Morgan fingerprint density at radius 1 is 0.349 bits per heavy atom. The van der Waals surface area contributed by atoms with Crippen molar-refractivity contribution in [3.8, 4) is 33.4 Å². The van der Waals surface area contributed by atoms with Gasteiger partial charge in [0.05, 0.1) is 17.1 Å². The molecule has 0 radical (unpaired) electrons. The molecule has 0 bridgehead atoms. The second-order valence-electron chi connectivity index (χ2n) is 13.1. The summed E-state index contributed by atoms with van der Waals surface area (Å²) < 4.78 is 0. The average molecular weight is 554 g/mol. The van der Waals surface area contributed by atoms with Gasteiger partial charge in [0.15, 0.2) is 0 Å². The molecule has 2 aliphatic heterocycles. The maximum absolute atomic E-state index is 2.53. The van der Waals surface area contributed by atoms with E-state index < -0.39 is 0 Å². The van der Waals surface area contributed by atoms with Gasteiger partial charge >= 0.3 is 0 Å². The molecule has 0 saturated heterocycles. The van der Waals surface area contributed by atoms with Crippen LogP contribution in [0.25, 0.3) is 33.4 Å². The van der Waals surface area contributed by atoms with E-state index in [1.54, 1.807) is 0 Å². The molecule has 8 rings (SSSR count). The van der Waals surface area contributed by atoms with Gasteiger partial charge in [-0.15, -0.1) is 0 Å².